The molecule has 1 aliphatic heterocycles. The zero-order valence-corrected chi connectivity index (χ0v) is 13.5. The average Bonchev–Trinajstić information content (AvgIpc) is 2.42. The van der Waals surface area contributed by atoms with Gasteiger partial charge in [-0.1, -0.05) is 6.07 Å². The van der Waals surface area contributed by atoms with Crippen molar-refractivity contribution >= 4 is 21.8 Å². The molecule has 1 heterocycles. The molecule has 2 rings (SSSR count). The van der Waals surface area contributed by atoms with Crippen LogP contribution in [0.5, 0.6) is 0 Å². The first kappa shape index (κ1) is 15.8. The van der Waals surface area contributed by atoms with Gasteiger partial charge in [0.05, 0.1) is 11.5 Å². The maximum Gasteiger partial charge on any atom is 0.241 e. The van der Waals surface area contributed by atoms with Gasteiger partial charge in [0, 0.05) is 11.8 Å². The van der Waals surface area contributed by atoms with E-state index in [0.29, 0.717) is 5.56 Å². The smallest absolute Gasteiger partial charge is 0.241 e. The van der Waals surface area contributed by atoms with E-state index in [0.717, 1.165) is 35.5 Å². The van der Waals surface area contributed by atoms with Gasteiger partial charge in [-0.05, 0) is 55.2 Å². The molecule has 1 aliphatic rings. The number of sulfonamides is 1. The van der Waals surface area contributed by atoms with Gasteiger partial charge in [0.1, 0.15) is 0 Å². The second-order valence-electron chi connectivity index (χ2n) is 5.23. The number of benzene rings is 1. The molecule has 20 heavy (non-hydrogen) atoms. The lowest BCUT2D eigenvalue weighted by Crippen LogP contribution is -2.38. The Hall–Kier alpha value is -0.560. The van der Waals surface area contributed by atoms with Crippen molar-refractivity contribution in [3.8, 4) is 0 Å². The summed E-state index contributed by atoms with van der Waals surface area (Å²) in [5.74, 6) is 1.94. The number of hydrogen-bond acceptors (Lipinski definition) is 4. The first-order valence-electron chi connectivity index (χ1n) is 6.75. The fourth-order valence-electron chi connectivity index (χ4n) is 2.39. The van der Waals surface area contributed by atoms with Crippen molar-refractivity contribution in [2.75, 3.05) is 11.5 Å². The molecule has 0 amide bonds. The molecule has 0 bridgehead atoms. The molecular formula is C14H21NO3S2. The fraction of sp³-hybridized carbons (Fsp3) is 0.571. The van der Waals surface area contributed by atoms with E-state index in [2.05, 4.69) is 4.72 Å². The van der Waals surface area contributed by atoms with E-state index in [1.54, 1.807) is 24.8 Å². The summed E-state index contributed by atoms with van der Waals surface area (Å²) < 4.78 is 27.9. The highest BCUT2D eigenvalue weighted by molar-refractivity contribution is 7.99. The largest absolute Gasteiger partial charge is 0.392 e. The standard InChI is InChI=1S/C14H21NO3S2/c1-10-6-12(8-16)7-14(11(10)2)20(17,18)15-13-4-3-5-19-9-13/h6-7,13,15-16H,3-5,8-9H2,1-2H3. The lowest BCUT2D eigenvalue weighted by Gasteiger charge is -2.23. The summed E-state index contributed by atoms with van der Waals surface area (Å²) in [6.07, 6.45) is 1.94. The van der Waals surface area contributed by atoms with Gasteiger partial charge < -0.3 is 5.11 Å². The zero-order valence-electron chi connectivity index (χ0n) is 11.8. The normalized spacial score (nSPS) is 20.1. The van der Waals surface area contributed by atoms with Gasteiger partial charge in [0.15, 0.2) is 0 Å². The van der Waals surface area contributed by atoms with Gasteiger partial charge in [0.25, 0.3) is 0 Å². The maximum absolute atomic E-state index is 12.5. The molecule has 1 aromatic rings. The summed E-state index contributed by atoms with van der Waals surface area (Å²) in [7, 11) is -3.52. The predicted octanol–water partition coefficient (Wildman–Crippen LogP) is 1.97. The molecule has 1 aromatic carbocycles. The third-order valence-corrected chi connectivity index (χ3v) is 6.50. The molecule has 1 saturated heterocycles. The molecule has 0 aliphatic carbocycles. The van der Waals surface area contributed by atoms with E-state index in [9.17, 15) is 13.5 Å². The topological polar surface area (TPSA) is 66.4 Å². The number of thioether (sulfide) groups is 1. The molecular weight excluding hydrogens is 294 g/mol. The van der Waals surface area contributed by atoms with Crippen molar-refractivity contribution in [1.82, 2.24) is 4.72 Å². The minimum absolute atomic E-state index is 0.0104. The number of aliphatic hydroxyl groups is 1. The van der Waals surface area contributed by atoms with Crippen LogP contribution in [0.3, 0.4) is 0 Å². The molecule has 6 heteroatoms. The summed E-state index contributed by atoms with van der Waals surface area (Å²) in [5, 5.41) is 9.25. The molecule has 2 N–H and O–H groups in total. The van der Waals surface area contributed by atoms with E-state index in [1.165, 1.54) is 0 Å². The van der Waals surface area contributed by atoms with E-state index in [1.807, 2.05) is 13.0 Å². The number of aryl methyl sites for hydroxylation is 1. The van der Waals surface area contributed by atoms with Crippen molar-refractivity contribution < 1.29 is 13.5 Å². The Balaban J connectivity index is 2.30. The summed E-state index contributed by atoms with van der Waals surface area (Å²) in [4.78, 5) is 0.289. The molecule has 0 aromatic heterocycles. The highest BCUT2D eigenvalue weighted by Crippen LogP contribution is 2.23. The van der Waals surface area contributed by atoms with Crippen LogP contribution in [-0.2, 0) is 16.6 Å². The van der Waals surface area contributed by atoms with Crippen LogP contribution in [0, 0.1) is 13.8 Å². The van der Waals surface area contributed by atoms with Crippen LogP contribution >= 0.6 is 11.8 Å². The molecule has 1 unspecified atom stereocenters. The van der Waals surface area contributed by atoms with Crippen LogP contribution in [-0.4, -0.2) is 31.1 Å². The Morgan fingerprint density at radius 2 is 2.15 bits per heavy atom. The third kappa shape index (κ3) is 3.55. The minimum atomic E-state index is -3.52. The fourth-order valence-corrected chi connectivity index (χ4v) is 5.20. The number of nitrogens with one attached hydrogen (secondary N) is 1. The van der Waals surface area contributed by atoms with Crippen molar-refractivity contribution in [2.45, 2.75) is 44.2 Å². The zero-order chi connectivity index (χ0) is 14.8. The number of aliphatic hydroxyl groups excluding tert-OH is 1. The Labute approximate surface area is 125 Å². The summed E-state index contributed by atoms with van der Waals surface area (Å²) in [6.45, 7) is 3.52. The second kappa shape index (κ2) is 6.47. The Morgan fingerprint density at radius 3 is 2.75 bits per heavy atom. The van der Waals surface area contributed by atoms with Crippen LogP contribution in [0.1, 0.15) is 29.5 Å². The number of rotatable bonds is 4. The van der Waals surface area contributed by atoms with Gasteiger partial charge in [0.2, 0.25) is 10.0 Å². The van der Waals surface area contributed by atoms with E-state index in [4.69, 9.17) is 0 Å². The Bertz CT molecular complexity index is 578. The Morgan fingerprint density at radius 1 is 1.40 bits per heavy atom. The number of hydrogen-bond donors (Lipinski definition) is 2. The molecule has 4 nitrogen and oxygen atoms in total. The minimum Gasteiger partial charge on any atom is -0.392 e. The summed E-state index contributed by atoms with van der Waals surface area (Å²) in [6, 6.07) is 3.40. The van der Waals surface area contributed by atoms with Gasteiger partial charge in [-0.25, -0.2) is 13.1 Å². The summed E-state index contributed by atoms with van der Waals surface area (Å²) in [5.41, 5.74) is 2.26. The molecule has 0 saturated carbocycles. The van der Waals surface area contributed by atoms with E-state index in [-0.39, 0.29) is 17.5 Å². The van der Waals surface area contributed by atoms with E-state index < -0.39 is 10.0 Å². The highest BCUT2D eigenvalue weighted by Gasteiger charge is 2.24. The summed E-state index contributed by atoms with van der Waals surface area (Å²) >= 11 is 1.79. The first-order valence-corrected chi connectivity index (χ1v) is 9.39. The Kier molecular flexibility index (Phi) is 5.12. The average molecular weight is 315 g/mol. The van der Waals surface area contributed by atoms with Crippen LogP contribution in [0.25, 0.3) is 0 Å². The molecule has 0 radical (unpaired) electrons. The molecule has 1 atom stereocenters. The van der Waals surface area contributed by atoms with Crippen molar-refractivity contribution in [3.05, 3.63) is 28.8 Å². The van der Waals surface area contributed by atoms with Gasteiger partial charge >= 0.3 is 0 Å². The monoisotopic (exact) mass is 315 g/mol. The molecule has 112 valence electrons. The van der Waals surface area contributed by atoms with Gasteiger partial charge in [-0.3, -0.25) is 0 Å². The molecule has 1 fully saturated rings. The van der Waals surface area contributed by atoms with Crippen molar-refractivity contribution in [3.63, 3.8) is 0 Å². The van der Waals surface area contributed by atoms with Crippen LogP contribution in [0.2, 0.25) is 0 Å². The lowest BCUT2D eigenvalue weighted by molar-refractivity contribution is 0.281. The third-order valence-electron chi connectivity index (χ3n) is 3.63. The molecule has 0 spiro atoms. The lowest BCUT2D eigenvalue weighted by atomic mass is 10.1. The van der Waals surface area contributed by atoms with Crippen molar-refractivity contribution in [2.24, 2.45) is 0 Å². The quantitative estimate of drug-likeness (QED) is 0.891. The second-order valence-corrected chi connectivity index (χ2v) is 8.06. The van der Waals surface area contributed by atoms with Crippen LogP contribution < -0.4 is 4.72 Å². The first-order chi connectivity index (χ1) is 9.44. The maximum atomic E-state index is 12.5. The van der Waals surface area contributed by atoms with Crippen molar-refractivity contribution in [1.29, 1.82) is 0 Å². The van der Waals surface area contributed by atoms with E-state index >= 15 is 0 Å². The van der Waals surface area contributed by atoms with Gasteiger partial charge in [-0.15, -0.1) is 0 Å². The van der Waals surface area contributed by atoms with Gasteiger partial charge in [-0.2, -0.15) is 11.8 Å². The van der Waals surface area contributed by atoms with Crippen LogP contribution in [0.15, 0.2) is 17.0 Å². The highest BCUT2D eigenvalue weighted by atomic mass is 32.2. The van der Waals surface area contributed by atoms with Crippen LogP contribution in [0.4, 0.5) is 0 Å². The SMILES string of the molecule is Cc1cc(CO)cc(S(=O)(=O)NC2CCCSC2)c1C. The predicted molar refractivity (Wildman–Crippen MR) is 82.5 cm³/mol.